The van der Waals surface area contributed by atoms with Crippen LogP contribution in [0.2, 0.25) is 0 Å². The van der Waals surface area contributed by atoms with Gasteiger partial charge in [-0.05, 0) is 12.8 Å². The molecule has 0 amide bonds. The second kappa shape index (κ2) is 4.80. The van der Waals surface area contributed by atoms with Crippen LogP contribution in [0.1, 0.15) is 26.7 Å². The molecule has 0 aromatic carbocycles. The van der Waals surface area contributed by atoms with Crippen LogP contribution in [0.3, 0.4) is 0 Å². The summed E-state index contributed by atoms with van der Waals surface area (Å²) in [6.07, 6.45) is 8.02. The summed E-state index contributed by atoms with van der Waals surface area (Å²) in [5.74, 6) is 0. The first-order chi connectivity index (χ1) is 5.88. The molecule has 0 aliphatic carbocycles. The number of rotatable bonds is 5. The van der Waals surface area contributed by atoms with Crippen molar-refractivity contribution in [1.82, 2.24) is 9.66 Å². The van der Waals surface area contributed by atoms with Gasteiger partial charge in [0, 0.05) is 25.5 Å². The first-order valence-electron chi connectivity index (χ1n) is 4.61. The number of aromatic nitrogens is 2. The first-order valence-corrected chi connectivity index (χ1v) is 4.61. The SMILES string of the molecule is CCCN(CCC)n1ccnc1. The summed E-state index contributed by atoms with van der Waals surface area (Å²) in [4.78, 5) is 4.03. The van der Waals surface area contributed by atoms with Gasteiger partial charge in [-0.3, -0.25) is 4.68 Å². The summed E-state index contributed by atoms with van der Waals surface area (Å²) in [5.41, 5.74) is 0. The second-order valence-corrected chi connectivity index (χ2v) is 2.90. The summed E-state index contributed by atoms with van der Waals surface area (Å²) < 4.78 is 2.06. The minimum atomic E-state index is 1.10. The monoisotopic (exact) mass is 167 g/mol. The van der Waals surface area contributed by atoms with Crippen LogP contribution in [-0.4, -0.2) is 22.7 Å². The van der Waals surface area contributed by atoms with Crippen molar-refractivity contribution in [2.75, 3.05) is 18.1 Å². The standard InChI is InChI=1S/C9H17N3/c1-3-6-11(7-4-2)12-8-5-10-9-12/h5,8-9H,3-4,6-7H2,1-2H3. The fourth-order valence-corrected chi connectivity index (χ4v) is 1.28. The van der Waals surface area contributed by atoms with Crippen molar-refractivity contribution in [3.63, 3.8) is 0 Å². The molecule has 0 spiro atoms. The fourth-order valence-electron chi connectivity index (χ4n) is 1.28. The van der Waals surface area contributed by atoms with Gasteiger partial charge in [0.2, 0.25) is 0 Å². The lowest BCUT2D eigenvalue weighted by Crippen LogP contribution is -2.34. The molecule has 0 atom stereocenters. The molecular formula is C9H17N3. The lowest BCUT2D eigenvalue weighted by molar-refractivity contribution is 0.568. The van der Waals surface area contributed by atoms with Crippen LogP contribution in [0.15, 0.2) is 18.7 Å². The van der Waals surface area contributed by atoms with Gasteiger partial charge in [0.1, 0.15) is 6.33 Å². The van der Waals surface area contributed by atoms with E-state index in [0.717, 1.165) is 13.1 Å². The quantitative estimate of drug-likeness (QED) is 0.664. The van der Waals surface area contributed by atoms with Crippen LogP contribution in [0.25, 0.3) is 0 Å². The molecule has 0 unspecified atom stereocenters. The Morgan fingerprint density at radius 2 is 1.92 bits per heavy atom. The predicted octanol–water partition coefficient (Wildman–Crippen LogP) is 1.64. The highest BCUT2D eigenvalue weighted by Crippen LogP contribution is 1.94. The van der Waals surface area contributed by atoms with Gasteiger partial charge in [-0.25, -0.2) is 4.98 Å². The van der Waals surface area contributed by atoms with E-state index in [4.69, 9.17) is 0 Å². The van der Waals surface area contributed by atoms with Crippen molar-refractivity contribution < 1.29 is 0 Å². The topological polar surface area (TPSA) is 21.1 Å². The minimum Gasteiger partial charge on any atom is -0.312 e. The van der Waals surface area contributed by atoms with Gasteiger partial charge in [-0.15, -0.1) is 0 Å². The van der Waals surface area contributed by atoms with Crippen LogP contribution >= 0.6 is 0 Å². The Balaban J connectivity index is 2.53. The summed E-state index contributed by atoms with van der Waals surface area (Å²) in [6, 6.07) is 0. The van der Waals surface area contributed by atoms with E-state index >= 15 is 0 Å². The number of hydrogen-bond donors (Lipinski definition) is 0. The fraction of sp³-hybridized carbons (Fsp3) is 0.667. The minimum absolute atomic E-state index is 1.10. The van der Waals surface area contributed by atoms with Crippen LogP contribution < -0.4 is 5.01 Å². The van der Waals surface area contributed by atoms with Crippen LogP contribution in [-0.2, 0) is 0 Å². The van der Waals surface area contributed by atoms with Crippen molar-refractivity contribution in [3.8, 4) is 0 Å². The molecule has 1 aromatic heterocycles. The van der Waals surface area contributed by atoms with E-state index < -0.39 is 0 Å². The Kier molecular flexibility index (Phi) is 3.64. The van der Waals surface area contributed by atoms with Gasteiger partial charge in [-0.2, -0.15) is 0 Å². The normalized spacial score (nSPS) is 10.2. The highest BCUT2D eigenvalue weighted by Gasteiger charge is 2.00. The molecule has 0 aliphatic heterocycles. The maximum absolute atomic E-state index is 4.03. The van der Waals surface area contributed by atoms with E-state index in [9.17, 15) is 0 Å². The van der Waals surface area contributed by atoms with E-state index in [1.807, 2.05) is 18.7 Å². The number of hydrogen-bond acceptors (Lipinski definition) is 2. The Labute approximate surface area is 74.0 Å². The molecular weight excluding hydrogens is 150 g/mol. The molecule has 1 aromatic rings. The molecule has 0 bridgehead atoms. The van der Waals surface area contributed by atoms with Crippen molar-refractivity contribution >= 4 is 0 Å². The third-order valence-electron chi connectivity index (χ3n) is 1.78. The summed E-state index contributed by atoms with van der Waals surface area (Å²) in [7, 11) is 0. The first kappa shape index (κ1) is 9.10. The van der Waals surface area contributed by atoms with E-state index in [1.54, 1.807) is 0 Å². The van der Waals surface area contributed by atoms with Crippen LogP contribution in [0.4, 0.5) is 0 Å². The molecule has 0 saturated carbocycles. The summed E-state index contributed by atoms with van der Waals surface area (Å²) >= 11 is 0. The molecule has 1 rings (SSSR count). The largest absolute Gasteiger partial charge is 0.312 e. The summed E-state index contributed by atoms with van der Waals surface area (Å²) in [6.45, 7) is 6.59. The molecule has 3 heteroatoms. The molecule has 1 heterocycles. The number of imidazole rings is 1. The van der Waals surface area contributed by atoms with E-state index in [0.29, 0.717) is 0 Å². The Morgan fingerprint density at radius 3 is 2.33 bits per heavy atom. The molecule has 68 valence electrons. The van der Waals surface area contributed by atoms with Gasteiger partial charge in [0.15, 0.2) is 0 Å². The lowest BCUT2D eigenvalue weighted by atomic mass is 10.4. The number of nitrogens with zero attached hydrogens (tertiary/aromatic N) is 3. The highest BCUT2D eigenvalue weighted by atomic mass is 15.5. The van der Waals surface area contributed by atoms with Gasteiger partial charge < -0.3 is 5.01 Å². The average molecular weight is 167 g/mol. The van der Waals surface area contributed by atoms with Gasteiger partial charge >= 0.3 is 0 Å². The molecule has 0 radical (unpaired) electrons. The Hall–Kier alpha value is -0.990. The Morgan fingerprint density at radius 1 is 1.25 bits per heavy atom. The second-order valence-electron chi connectivity index (χ2n) is 2.90. The molecule has 0 aliphatic rings. The molecule has 12 heavy (non-hydrogen) atoms. The highest BCUT2D eigenvalue weighted by molar-refractivity contribution is 4.88. The van der Waals surface area contributed by atoms with Crippen molar-refractivity contribution in [2.45, 2.75) is 26.7 Å². The van der Waals surface area contributed by atoms with E-state index in [1.165, 1.54) is 12.8 Å². The molecule has 0 N–H and O–H groups in total. The van der Waals surface area contributed by atoms with Crippen molar-refractivity contribution in [3.05, 3.63) is 18.7 Å². The molecule has 3 nitrogen and oxygen atoms in total. The van der Waals surface area contributed by atoms with E-state index in [-0.39, 0.29) is 0 Å². The summed E-state index contributed by atoms with van der Waals surface area (Å²) in [5, 5.41) is 2.30. The maximum atomic E-state index is 4.03. The zero-order chi connectivity index (χ0) is 8.81. The molecule has 0 fully saturated rings. The Bertz CT molecular complexity index is 188. The average Bonchev–Trinajstić information content (AvgIpc) is 2.56. The smallest absolute Gasteiger partial charge is 0.114 e. The lowest BCUT2D eigenvalue weighted by Gasteiger charge is -2.23. The third-order valence-corrected chi connectivity index (χ3v) is 1.78. The van der Waals surface area contributed by atoms with Crippen LogP contribution in [0.5, 0.6) is 0 Å². The van der Waals surface area contributed by atoms with Gasteiger partial charge in [0.05, 0.1) is 0 Å². The van der Waals surface area contributed by atoms with E-state index in [2.05, 4.69) is 28.5 Å². The van der Waals surface area contributed by atoms with Gasteiger partial charge in [-0.1, -0.05) is 13.8 Å². The maximum Gasteiger partial charge on any atom is 0.114 e. The predicted molar refractivity (Wildman–Crippen MR) is 50.8 cm³/mol. The van der Waals surface area contributed by atoms with Crippen LogP contribution in [0, 0.1) is 0 Å². The van der Waals surface area contributed by atoms with Crippen molar-refractivity contribution in [2.24, 2.45) is 0 Å². The zero-order valence-corrected chi connectivity index (χ0v) is 7.90. The third kappa shape index (κ3) is 2.26. The van der Waals surface area contributed by atoms with Crippen molar-refractivity contribution in [1.29, 1.82) is 0 Å². The van der Waals surface area contributed by atoms with Gasteiger partial charge in [0.25, 0.3) is 0 Å². The molecule has 0 saturated heterocycles. The zero-order valence-electron chi connectivity index (χ0n) is 7.90.